The Labute approximate surface area is 222 Å². The Morgan fingerprint density at radius 1 is 0.632 bits per heavy atom. The van der Waals surface area contributed by atoms with E-state index in [0.717, 1.165) is 28.5 Å². The molecular formula is C28H30O9S. The number of hydrogen-bond acceptors (Lipinski definition) is 9. The highest BCUT2D eigenvalue weighted by molar-refractivity contribution is 7.85. The average Bonchev–Trinajstić information content (AvgIpc) is 3.65. The van der Waals surface area contributed by atoms with Crippen molar-refractivity contribution < 1.29 is 41.0 Å². The van der Waals surface area contributed by atoms with Crippen molar-refractivity contribution in [1.82, 2.24) is 0 Å². The van der Waals surface area contributed by atoms with Crippen LogP contribution in [-0.2, 0) is 53.1 Å². The van der Waals surface area contributed by atoms with Gasteiger partial charge in [-0.2, -0.15) is 8.42 Å². The number of rotatable bonds is 11. The first-order chi connectivity index (χ1) is 18.4. The van der Waals surface area contributed by atoms with E-state index in [1.165, 1.54) is 0 Å². The summed E-state index contributed by atoms with van der Waals surface area (Å²) in [5.74, 6) is 1.07. The topological polar surface area (TPSA) is 98.8 Å². The van der Waals surface area contributed by atoms with Crippen LogP contribution in [0.15, 0.2) is 66.7 Å². The molecule has 0 aromatic heterocycles. The van der Waals surface area contributed by atoms with Crippen molar-refractivity contribution in [3.05, 3.63) is 94.5 Å². The molecular weight excluding hydrogens is 512 g/mol. The fourth-order valence-electron chi connectivity index (χ4n) is 4.03. The summed E-state index contributed by atoms with van der Waals surface area (Å²) in [6.45, 7) is 2.87. The van der Waals surface area contributed by atoms with Gasteiger partial charge < -0.3 is 28.4 Å². The van der Waals surface area contributed by atoms with Gasteiger partial charge in [0, 0.05) is 17.2 Å². The van der Waals surface area contributed by atoms with E-state index in [1.54, 1.807) is 18.2 Å². The molecule has 2 aliphatic heterocycles. The summed E-state index contributed by atoms with van der Waals surface area (Å²) < 4.78 is 62.2. The van der Waals surface area contributed by atoms with Crippen LogP contribution >= 0.6 is 0 Å². The lowest BCUT2D eigenvalue weighted by Crippen LogP contribution is -2.04. The van der Waals surface area contributed by atoms with E-state index in [9.17, 15) is 8.42 Å². The molecule has 2 heterocycles. The zero-order chi connectivity index (χ0) is 26.4. The lowest BCUT2D eigenvalue weighted by molar-refractivity contribution is -0.0443. The first-order valence-corrected chi connectivity index (χ1v) is 14.1. The Hall–Kier alpha value is -2.99. The molecule has 5 rings (SSSR count). The number of benzene rings is 3. The van der Waals surface area contributed by atoms with E-state index in [1.807, 2.05) is 48.5 Å². The molecule has 2 saturated heterocycles. The molecule has 0 saturated carbocycles. The number of ether oxygens (including phenoxy) is 6. The Bertz CT molecular complexity index is 1210. The molecule has 0 N–H and O–H groups in total. The van der Waals surface area contributed by atoms with E-state index in [-0.39, 0.29) is 19.2 Å². The molecule has 2 aliphatic rings. The molecule has 9 nitrogen and oxygen atoms in total. The van der Waals surface area contributed by atoms with Crippen LogP contribution < -0.4 is 9.47 Å². The molecule has 0 atom stereocenters. The molecule has 38 heavy (non-hydrogen) atoms. The summed E-state index contributed by atoms with van der Waals surface area (Å²) in [5.41, 5.74) is 4.45. The van der Waals surface area contributed by atoms with Gasteiger partial charge in [-0.25, -0.2) is 0 Å². The predicted octanol–water partition coefficient (Wildman–Crippen LogP) is 4.41. The van der Waals surface area contributed by atoms with Crippen LogP contribution in [0.5, 0.6) is 11.5 Å². The average molecular weight is 543 g/mol. The molecule has 10 heteroatoms. The van der Waals surface area contributed by atoms with E-state index >= 15 is 0 Å². The van der Waals surface area contributed by atoms with Crippen LogP contribution in [0.4, 0.5) is 0 Å². The zero-order valence-electron chi connectivity index (χ0n) is 21.0. The third-order valence-electron chi connectivity index (χ3n) is 5.94. The van der Waals surface area contributed by atoms with Crippen molar-refractivity contribution in [3.8, 4) is 11.5 Å². The largest absolute Gasteiger partial charge is 0.489 e. The van der Waals surface area contributed by atoms with Crippen molar-refractivity contribution in [2.75, 3.05) is 32.7 Å². The third-order valence-corrected chi connectivity index (χ3v) is 6.48. The lowest BCUT2D eigenvalue weighted by atomic mass is 10.1. The SMILES string of the molecule is CS(=O)(=O)OCc1cc(OCc2ccc(C3OCCO3)cc2)cc(OCc2ccc(C3OCCO3)cc2)c1. The van der Waals surface area contributed by atoms with Crippen LogP contribution in [-0.4, -0.2) is 41.1 Å². The maximum atomic E-state index is 11.5. The van der Waals surface area contributed by atoms with Crippen molar-refractivity contribution >= 4 is 10.1 Å². The van der Waals surface area contributed by atoms with E-state index in [2.05, 4.69) is 0 Å². The monoisotopic (exact) mass is 542 g/mol. The minimum atomic E-state index is -3.60. The van der Waals surface area contributed by atoms with Crippen molar-refractivity contribution in [2.45, 2.75) is 32.4 Å². The predicted molar refractivity (Wildman–Crippen MR) is 137 cm³/mol. The van der Waals surface area contributed by atoms with Gasteiger partial charge in [-0.1, -0.05) is 48.5 Å². The minimum Gasteiger partial charge on any atom is -0.489 e. The van der Waals surface area contributed by atoms with Gasteiger partial charge in [0.05, 0.1) is 39.3 Å². The van der Waals surface area contributed by atoms with E-state index in [0.29, 0.717) is 56.7 Å². The molecule has 202 valence electrons. The Morgan fingerprint density at radius 3 is 1.45 bits per heavy atom. The van der Waals surface area contributed by atoms with Gasteiger partial charge in [0.2, 0.25) is 0 Å². The fourth-order valence-corrected chi connectivity index (χ4v) is 4.38. The Balaban J connectivity index is 1.24. The second-order valence-electron chi connectivity index (χ2n) is 8.99. The normalized spacial score (nSPS) is 16.7. The van der Waals surface area contributed by atoms with Crippen molar-refractivity contribution in [2.24, 2.45) is 0 Å². The summed E-state index contributed by atoms with van der Waals surface area (Å²) in [6.07, 6.45) is 0.370. The Kier molecular flexibility index (Phi) is 8.58. The summed E-state index contributed by atoms with van der Waals surface area (Å²) in [6, 6.07) is 20.9. The van der Waals surface area contributed by atoms with Crippen LogP contribution in [0.1, 0.15) is 40.4 Å². The smallest absolute Gasteiger partial charge is 0.264 e. The molecule has 0 unspecified atom stereocenters. The van der Waals surface area contributed by atoms with Gasteiger partial charge in [-0.15, -0.1) is 0 Å². The zero-order valence-corrected chi connectivity index (χ0v) is 21.9. The molecule has 3 aromatic carbocycles. The van der Waals surface area contributed by atoms with Gasteiger partial charge in [0.25, 0.3) is 10.1 Å². The molecule has 0 radical (unpaired) electrons. The van der Waals surface area contributed by atoms with E-state index in [4.69, 9.17) is 32.6 Å². The summed E-state index contributed by atoms with van der Waals surface area (Å²) >= 11 is 0. The van der Waals surface area contributed by atoms with Gasteiger partial charge in [-0.05, 0) is 28.8 Å². The summed E-state index contributed by atoms with van der Waals surface area (Å²) in [7, 11) is -3.60. The summed E-state index contributed by atoms with van der Waals surface area (Å²) in [4.78, 5) is 0. The molecule has 0 aliphatic carbocycles. The molecule has 0 amide bonds. The first-order valence-electron chi connectivity index (χ1n) is 12.3. The van der Waals surface area contributed by atoms with E-state index < -0.39 is 10.1 Å². The second kappa shape index (κ2) is 12.2. The van der Waals surface area contributed by atoms with Gasteiger partial charge in [0.15, 0.2) is 12.6 Å². The van der Waals surface area contributed by atoms with Crippen LogP contribution in [0.3, 0.4) is 0 Å². The quantitative estimate of drug-likeness (QED) is 0.326. The van der Waals surface area contributed by atoms with Gasteiger partial charge in [0.1, 0.15) is 24.7 Å². The van der Waals surface area contributed by atoms with Gasteiger partial charge >= 0.3 is 0 Å². The highest BCUT2D eigenvalue weighted by Crippen LogP contribution is 2.28. The minimum absolute atomic E-state index is 0.126. The standard InChI is InChI=1S/C28H30O9S/c1-38(29,30)37-19-22-14-25(35-17-20-2-6-23(7-3-20)27-31-10-11-32-27)16-26(15-22)36-18-21-4-8-24(9-5-21)28-33-12-13-34-28/h2-9,14-16,27-28H,10-13,17-19H2,1H3. The maximum Gasteiger partial charge on any atom is 0.264 e. The highest BCUT2D eigenvalue weighted by Gasteiger charge is 2.19. The number of hydrogen-bond donors (Lipinski definition) is 0. The fraction of sp³-hybridized carbons (Fsp3) is 0.357. The molecule has 0 spiro atoms. The molecule has 2 fully saturated rings. The Morgan fingerprint density at radius 2 is 1.05 bits per heavy atom. The maximum absolute atomic E-state index is 11.5. The highest BCUT2D eigenvalue weighted by atomic mass is 32.2. The third kappa shape index (κ3) is 7.53. The second-order valence-corrected chi connectivity index (χ2v) is 10.6. The lowest BCUT2D eigenvalue weighted by Gasteiger charge is -2.14. The van der Waals surface area contributed by atoms with Crippen molar-refractivity contribution in [1.29, 1.82) is 0 Å². The van der Waals surface area contributed by atoms with Crippen LogP contribution in [0.25, 0.3) is 0 Å². The molecule has 3 aromatic rings. The van der Waals surface area contributed by atoms with Crippen LogP contribution in [0.2, 0.25) is 0 Å². The summed E-state index contributed by atoms with van der Waals surface area (Å²) in [5, 5.41) is 0. The van der Waals surface area contributed by atoms with Crippen LogP contribution in [0, 0.1) is 0 Å². The molecule has 0 bridgehead atoms. The first kappa shape index (κ1) is 26.6. The van der Waals surface area contributed by atoms with Gasteiger partial charge in [-0.3, -0.25) is 4.18 Å². The van der Waals surface area contributed by atoms with Crippen molar-refractivity contribution in [3.63, 3.8) is 0 Å².